The van der Waals surface area contributed by atoms with Gasteiger partial charge in [-0.25, -0.2) is 0 Å². The van der Waals surface area contributed by atoms with Gasteiger partial charge in [-0.1, -0.05) is 13.5 Å². The third-order valence-electron chi connectivity index (χ3n) is 0.936. The number of hydrogen-bond donors (Lipinski definition) is 0. The Bertz CT molecular complexity index is 95.1. The summed E-state index contributed by atoms with van der Waals surface area (Å²) in [6.45, 7) is 8.14. The van der Waals surface area contributed by atoms with Gasteiger partial charge in [0.25, 0.3) is 0 Å². The van der Waals surface area contributed by atoms with Crippen molar-refractivity contribution in [3.8, 4) is 0 Å². The van der Waals surface area contributed by atoms with Crippen LogP contribution in [0.1, 0.15) is 20.3 Å². The number of halogens is 1. The molecule has 0 atom stereocenters. The van der Waals surface area contributed by atoms with Gasteiger partial charge in [-0.15, -0.1) is 3.89 Å². The van der Waals surface area contributed by atoms with Crippen LogP contribution in [-0.2, 0) is 0 Å². The van der Waals surface area contributed by atoms with Crippen LogP contribution in [0.3, 0.4) is 0 Å². The maximum atomic E-state index is 11.9. The van der Waals surface area contributed by atoms with Gasteiger partial charge >= 0.3 is 0 Å². The molecule has 0 radical (unpaired) electrons. The standard InChI is InChI=1S/C6H12FNS/c1-4-5-8(9-7)6(2)3/h2,4-5H2,1,3H3. The van der Waals surface area contributed by atoms with Crippen LogP contribution in [0.4, 0.5) is 3.89 Å². The van der Waals surface area contributed by atoms with E-state index in [0.29, 0.717) is 0 Å². The van der Waals surface area contributed by atoms with Crippen molar-refractivity contribution < 1.29 is 3.89 Å². The molecular formula is C6H12FNS. The predicted octanol–water partition coefficient (Wildman–Crippen LogP) is 2.76. The van der Waals surface area contributed by atoms with E-state index in [9.17, 15) is 3.89 Å². The monoisotopic (exact) mass is 149 g/mol. The summed E-state index contributed by atoms with van der Waals surface area (Å²) in [5, 5.41) is 0. The van der Waals surface area contributed by atoms with Crippen molar-refractivity contribution in [2.75, 3.05) is 6.54 Å². The lowest BCUT2D eigenvalue weighted by Gasteiger charge is -2.16. The first kappa shape index (κ1) is 8.82. The lowest BCUT2D eigenvalue weighted by molar-refractivity contribution is 0.550. The molecule has 0 unspecified atom stereocenters. The van der Waals surface area contributed by atoms with E-state index < -0.39 is 0 Å². The first-order chi connectivity index (χ1) is 4.22. The van der Waals surface area contributed by atoms with Crippen molar-refractivity contribution in [2.24, 2.45) is 0 Å². The zero-order valence-corrected chi connectivity index (χ0v) is 6.67. The molecule has 0 heterocycles. The van der Waals surface area contributed by atoms with Crippen molar-refractivity contribution in [1.29, 1.82) is 0 Å². The van der Waals surface area contributed by atoms with Crippen LogP contribution in [0, 0.1) is 0 Å². The van der Waals surface area contributed by atoms with Crippen molar-refractivity contribution in [3.05, 3.63) is 12.3 Å². The van der Waals surface area contributed by atoms with E-state index in [1.165, 1.54) is 4.31 Å². The number of rotatable bonds is 4. The number of hydrogen-bond acceptors (Lipinski definition) is 2. The van der Waals surface area contributed by atoms with Crippen molar-refractivity contribution in [3.63, 3.8) is 0 Å². The second-order valence-corrected chi connectivity index (χ2v) is 2.49. The Hall–Kier alpha value is -0.180. The first-order valence-electron chi connectivity index (χ1n) is 2.94. The van der Waals surface area contributed by atoms with Gasteiger partial charge in [0.1, 0.15) is 0 Å². The lowest BCUT2D eigenvalue weighted by atomic mass is 10.4. The molecule has 0 aliphatic rings. The molecule has 54 valence electrons. The van der Waals surface area contributed by atoms with Gasteiger partial charge in [0.15, 0.2) is 12.3 Å². The summed E-state index contributed by atoms with van der Waals surface area (Å²) in [7, 11) is 0. The summed E-state index contributed by atoms with van der Waals surface area (Å²) in [5.41, 5.74) is 0.768. The lowest BCUT2D eigenvalue weighted by Crippen LogP contribution is -2.11. The zero-order valence-electron chi connectivity index (χ0n) is 5.85. The maximum Gasteiger partial charge on any atom is 0.164 e. The molecule has 0 aromatic rings. The highest BCUT2D eigenvalue weighted by Crippen LogP contribution is 2.16. The molecule has 0 fully saturated rings. The molecule has 0 rings (SSSR count). The van der Waals surface area contributed by atoms with Gasteiger partial charge in [0, 0.05) is 12.2 Å². The van der Waals surface area contributed by atoms with E-state index in [4.69, 9.17) is 0 Å². The quantitative estimate of drug-likeness (QED) is 0.565. The predicted molar refractivity (Wildman–Crippen MR) is 40.5 cm³/mol. The molecule has 1 nitrogen and oxygen atoms in total. The third-order valence-corrected chi connectivity index (χ3v) is 1.60. The van der Waals surface area contributed by atoms with E-state index in [1.54, 1.807) is 6.92 Å². The van der Waals surface area contributed by atoms with E-state index in [1.807, 2.05) is 6.92 Å². The summed E-state index contributed by atoms with van der Waals surface area (Å²) >= 11 is 0.236. The number of nitrogens with zero attached hydrogens (tertiary/aromatic N) is 1. The molecule has 0 amide bonds. The second kappa shape index (κ2) is 4.68. The van der Waals surface area contributed by atoms with Gasteiger partial charge in [0.2, 0.25) is 0 Å². The smallest absolute Gasteiger partial charge is 0.164 e. The van der Waals surface area contributed by atoms with Crippen LogP contribution in [0.5, 0.6) is 0 Å². The molecule has 3 heteroatoms. The molecular weight excluding hydrogens is 137 g/mol. The molecule has 0 spiro atoms. The fourth-order valence-corrected chi connectivity index (χ4v) is 0.857. The Morgan fingerprint density at radius 1 is 1.78 bits per heavy atom. The topological polar surface area (TPSA) is 3.24 Å². The average Bonchev–Trinajstić information content (AvgIpc) is 1.82. The average molecular weight is 149 g/mol. The highest BCUT2D eigenvalue weighted by atomic mass is 32.2. The summed E-state index contributed by atoms with van der Waals surface area (Å²) in [5.74, 6) is 0. The van der Waals surface area contributed by atoms with Crippen LogP contribution in [0.25, 0.3) is 0 Å². The Morgan fingerprint density at radius 3 is 2.44 bits per heavy atom. The van der Waals surface area contributed by atoms with Crippen molar-refractivity contribution in [2.45, 2.75) is 20.3 Å². The largest absolute Gasteiger partial charge is 0.294 e. The summed E-state index contributed by atoms with van der Waals surface area (Å²) in [6.07, 6.45) is 0.948. The van der Waals surface area contributed by atoms with E-state index >= 15 is 0 Å². The molecule has 9 heavy (non-hydrogen) atoms. The van der Waals surface area contributed by atoms with Crippen molar-refractivity contribution in [1.82, 2.24) is 4.31 Å². The number of allylic oxidation sites excluding steroid dienone is 1. The fourth-order valence-electron chi connectivity index (χ4n) is 0.487. The van der Waals surface area contributed by atoms with Crippen LogP contribution >= 0.6 is 12.3 Å². The van der Waals surface area contributed by atoms with E-state index in [-0.39, 0.29) is 12.3 Å². The summed E-state index contributed by atoms with van der Waals surface area (Å²) in [4.78, 5) is 0. The molecule has 0 aliphatic heterocycles. The second-order valence-electron chi connectivity index (χ2n) is 1.91. The Balaban J connectivity index is 3.54. The minimum atomic E-state index is 0.236. The highest BCUT2D eigenvalue weighted by molar-refractivity contribution is 7.92. The van der Waals surface area contributed by atoms with Crippen LogP contribution in [0.2, 0.25) is 0 Å². The first-order valence-corrected chi connectivity index (χ1v) is 3.61. The molecule has 0 saturated carbocycles. The van der Waals surface area contributed by atoms with Crippen LogP contribution < -0.4 is 0 Å². The SMILES string of the molecule is C=C(C)N(CCC)SF. The Kier molecular flexibility index (Phi) is 4.58. The van der Waals surface area contributed by atoms with Gasteiger partial charge in [0.05, 0.1) is 0 Å². The molecule has 0 aromatic heterocycles. The summed E-state index contributed by atoms with van der Waals surface area (Å²) < 4.78 is 13.4. The summed E-state index contributed by atoms with van der Waals surface area (Å²) in [6, 6.07) is 0. The van der Waals surface area contributed by atoms with Crippen LogP contribution in [0.15, 0.2) is 12.3 Å². The molecule has 0 aromatic carbocycles. The molecule has 0 N–H and O–H groups in total. The van der Waals surface area contributed by atoms with E-state index in [2.05, 4.69) is 6.58 Å². The Labute approximate surface area is 60.4 Å². The molecule has 0 aliphatic carbocycles. The maximum absolute atomic E-state index is 11.9. The van der Waals surface area contributed by atoms with Gasteiger partial charge in [-0.3, -0.25) is 4.31 Å². The molecule has 0 saturated heterocycles. The van der Waals surface area contributed by atoms with E-state index in [0.717, 1.165) is 18.7 Å². The zero-order chi connectivity index (χ0) is 7.28. The van der Waals surface area contributed by atoms with Crippen molar-refractivity contribution >= 4 is 12.3 Å². The van der Waals surface area contributed by atoms with Gasteiger partial charge in [-0.05, 0) is 13.3 Å². The fraction of sp³-hybridized carbons (Fsp3) is 0.667. The normalized spacial score (nSPS) is 9.22. The third kappa shape index (κ3) is 3.40. The minimum Gasteiger partial charge on any atom is -0.294 e. The highest BCUT2D eigenvalue weighted by Gasteiger charge is 2.00. The van der Waals surface area contributed by atoms with Gasteiger partial charge in [-0.2, -0.15) is 0 Å². The van der Waals surface area contributed by atoms with Crippen LogP contribution in [-0.4, -0.2) is 10.8 Å². The minimum absolute atomic E-state index is 0.236. The van der Waals surface area contributed by atoms with Gasteiger partial charge < -0.3 is 0 Å². The Morgan fingerprint density at radius 2 is 2.33 bits per heavy atom. The molecule has 0 bridgehead atoms.